The molecular weight excluding hydrogens is 352 g/mol. The second-order valence-electron chi connectivity index (χ2n) is 8.12. The largest absolute Gasteiger partial charge is 0.507 e. The van der Waals surface area contributed by atoms with Crippen molar-refractivity contribution in [3.05, 3.63) is 48.3 Å². The summed E-state index contributed by atoms with van der Waals surface area (Å²) < 4.78 is 7.82. The van der Waals surface area contributed by atoms with E-state index in [1.807, 2.05) is 43.5 Å². The minimum absolute atomic E-state index is 0.150. The van der Waals surface area contributed by atoms with E-state index in [1.165, 1.54) is 19.3 Å². The molecule has 6 heteroatoms. The summed E-state index contributed by atoms with van der Waals surface area (Å²) in [5.41, 5.74) is 2.99. The molecule has 2 aliphatic rings. The van der Waals surface area contributed by atoms with Crippen LogP contribution in [0.5, 0.6) is 11.6 Å². The zero-order chi connectivity index (χ0) is 19.1. The fourth-order valence-electron chi connectivity index (χ4n) is 4.68. The SMILES string of the molecule is Cc1ccn(-c2ccc(-c3ccc(OC4C[C@H]5CC[C@@H](C4)C5)nn3)c(O)c2)n1. The molecule has 0 aliphatic heterocycles. The normalized spacial score (nSPS) is 23.7. The average molecular weight is 376 g/mol. The highest BCUT2D eigenvalue weighted by molar-refractivity contribution is 5.68. The van der Waals surface area contributed by atoms with E-state index in [-0.39, 0.29) is 11.9 Å². The third-order valence-electron chi connectivity index (χ3n) is 6.01. The van der Waals surface area contributed by atoms with Crippen molar-refractivity contribution in [3.63, 3.8) is 0 Å². The van der Waals surface area contributed by atoms with Crippen molar-refractivity contribution in [2.24, 2.45) is 11.8 Å². The summed E-state index contributed by atoms with van der Waals surface area (Å²) in [5.74, 6) is 2.37. The second kappa shape index (κ2) is 6.93. The summed E-state index contributed by atoms with van der Waals surface area (Å²) in [6.45, 7) is 1.93. The van der Waals surface area contributed by atoms with Gasteiger partial charge in [-0.15, -0.1) is 10.2 Å². The summed E-state index contributed by atoms with van der Waals surface area (Å²) in [6, 6.07) is 11.1. The average Bonchev–Trinajstić information content (AvgIpc) is 3.27. The zero-order valence-corrected chi connectivity index (χ0v) is 16.0. The molecular formula is C22H24N4O2. The molecule has 0 radical (unpaired) electrons. The third-order valence-corrected chi connectivity index (χ3v) is 6.01. The molecule has 0 amide bonds. The van der Waals surface area contributed by atoms with Crippen molar-refractivity contribution in [1.29, 1.82) is 0 Å². The lowest BCUT2D eigenvalue weighted by Crippen LogP contribution is -2.26. The molecule has 0 saturated heterocycles. The Morgan fingerprint density at radius 1 is 1.00 bits per heavy atom. The molecule has 2 heterocycles. The summed E-state index contributed by atoms with van der Waals surface area (Å²) >= 11 is 0. The van der Waals surface area contributed by atoms with Crippen molar-refractivity contribution in [3.8, 4) is 28.6 Å². The van der Waals surface area contributed by atoms with Crippen LogP contribution in [0.4, 0.5) is 0 Å². The number of phenols is 1. The van der Waals surface area contributed by atoms with Crippen LogP contribution >= 0.6 is 0 Å². The second-order valence-corrected chi connectivity index (χ2v) is 8.12. The lowest BCUT2D eigenvalue weighted by atomic mass is 9.87. The van der Waals surface area contributed by atoms with Gasteiger partial charge in [-0.1, -0.05) is 12.8 Å². The molecule has 0 spiro atoms. The lowest BCUT2D eigenvalue weighted by molar-refractivity contribution is 0.113. The van der Waals surface area contributed by atoms with Gasteiger partial charge >= 0.3 is 0 Å². The fourth-order valence-corrected chi connectivity index (χ4v) is 4.68. The topological polar surface area (TPSA) is 73.1 Å². The van der Waals surface area contributed by atoms with Gasteiger partial charge in [-0.2, -0.15) is 5.10 Å². The first kappa shape index (κ1) is 17.2. The highest BCUT2D eigenvalue weighted by Gasteiger charge is 2.35. The Labute approximate surface area is 164 Å². The molecule has 1 unspecified atom stereocenters. The molecule has 144 valence electrons. The monoisotopic (exact) mass is 376 g/mol. The predicted octanol–water partition coefficient (Wildman–Crippen LogP) is 4.30. The van der Waals surface area contributed by atoms with Crippen molar-refractivity contribution < 1.29 is 9.84 Å². The van der Waals surface area contributed by atoms with Gasteiger partial charge in [-0.05, 0) is 62.3 Å². The summed E-state index contributed by atoms with van der Waals surface area (Å²) in [4.78, 5) is 0. The number of nitrogens with zero attached hydrogens (tertiary/aromatic N) is 4. The minimum Gasteiger partial charge on any atom is -0.507 e. The molecule has 3 aromatic rings. The zero-order valence-electron chi connectivity index (χ0n) is 16.0. The lowest BCUT2D eigenvalue weighted by Gasteiger charge is -2.27. The van der Waals surface area contributed by atoms with E-state index in [1.54, 1.807) is 10.7 Å². The molecule has 28 heavy (non-hydrogen) atoms. The van der Waals surface area contributed by atoms with Gasteiger partial charge in [0.2, 0.25) is 5.88 Å². The molecule has 2 saturated carbocycles. The summed E-state index contributed by atoms with van der Waals surface area (Å²) in [7, 11) is 0. The van der Waals surface area contributed by atoms with Crippen LogP contribution in [0, 0.1) is 18.8 Å². The number of benzene rings is 1. The number of rotatable bonds is 4. The Morgan fingerprint density at radius 3 is 2.46 bits per heavy atom. The molecule has 2 bridgehead atoms. The molecule has 2 aliphatic carbocycles. The maximum absolute atomic E-state index is 10.5. The van der Waals surface area contributed by atoms with Crippen molar-refractivity contribution >= 4 is 0 Å². The van der Waals surface area contributed by atoms with Crippen LogP contribution in [-0.2, 0) is 0 Å². The smallest absolute Gasteiger partial charge is 0.233 e. The number of hydrogen-bond acceptors (Lipinski definition) is 5. The van der Waals surface area contributed by atoms with E-state index >= 15 is 0 Å². The Bertz CT molecular complexity index is 970. The number of hydrogen-bond donors (Lipinski definition) is 1. The van der Waals surface area contributed by atoms with E-state index in [0.717, 1.165) is 36.1 Å². The molecule has 1 aromatic carbocycles. The fraction of sp³-hybridized carbons (Fsp3) is 0.409. The van der Waals surface area contributed by atoms with Gasteiger partial charge in [0, 0.05) is 23.9 Å². The molecule has 2 aromatic heterocycles. The first-order valence-electron chi connectivity index (χ1n) is 10.0. The number of aryl methyl sites for hydroxylation is 1. The van der Waals surface area contributed by atoms with E-state index < -0.39 is 0 Å². The van der Waals surface area contributed by atoms with E-state index in [2.05, 4.69) is 15.3 Å². The number of phenolic OH excluding ortho intramolecular Hbond substituents is 1. The van der Waals surface area contributed by atoms with Gasteiger partial charge in [0.25, 0.3) is 0 Å². The molecule has 1 N–H and O–H groups in total. The van der Waals surface area contributed by atoms with Gasteiger partial charge in [-0.3, -0.25) is 0 Å². The summed E-state index contributed by atoms with van der Waals surface area (Å²) in [6.07, 6.45) is 8.47. The number of aromatic nitrogens is 4. The van der Waals surface area contributed by atoms with Gasteiger partial charge < -0.3 is 9.84 Å². The Kier molecular flexibility index (Phi) is 4.26. The Balaban J connectivity index is 1.31. The highest BCUT2D eigenvalue weighted by atomic mass is 16.5. The van der Waals surface area contributed by atoms with Crippen LogP contribution in [0.3, 0.4) is 0 Å². The number of ether oxygens (including phenoxy) is 1. The van der Waals surface area contributed by atoms with Crippen molar-refractivity contribution in [2.45, 2.75) is 45.1 Å². The number of aromatic hydroxyl groups is 1. The van der Waals surface area contributed by atoms with Gasteiger partial charge in [0.1, 0.15) is 11.9 Å². The Morgan fingerprint density at radius 2 is 1.82 bits per heavy atom. The quantitative estimate of drug-likeness (QED) is 0.735. The first-order chi connectivity index (χ1) is 13.6. The highest BCUT2D eigenvalue weighted by Crippen LogP contribution is 2.43. The Hall–Kier alpha value is -2.89. The summed E-state index contributed by atoms with van der Waals surface area (Å²) in [5, 5.41) is 23.4. The van der Waals surface area contributed by atoms with E-state index in [4.69, 9.17) is 4.74 Å². The van der Waals surface area contributed by atoms with Crippen LogP contribution in [0.1, 0.15) is 37.8 Å². The maximum Gasteiger partial charge on any atom is 0.233 e. The van der Waals surface area contributed by atoms with Crippen LogP contribution in [0.15, 0.2) is 42.6 Å². The number of fused-ring (bicyclic) bond motifs is 2. The third kappa shape index (κ3) is 3.35. The van der Waals surface area contributed by atoms with Crippen molar-refractivity contribution in [1.82, 2.24) is 20.0 Å². The van der Waals surface area contributed by atoms with E-state index in [9.17, 15) is 5.11 Å². The van der Waals surface area contributed by atoms with Crippen LogP contribution in [0.2, 0.25) is 0 Å². The molecule has 2 fully saturated rings. The van der Waals surface area contributed by atoms with Crippen molar-refractivity contribution in [2.75, 3.05) is 0 Å². The van der Waals surface area contributed by atoms with Gasteiger partial charge in [0.15, 0.2) is 0 Å². The maximum atomic E-state index is 10.5. The first-order valence-corrected chi connectivity index (χ1v) is 10.0. The van der Waals surface area contributed by atoms with Crippen LogP contribution < -0.4 is 4.74 Å². The predicted molar refractivity (Wildman–Crippen MR) is 105 cm³/mol. The minimum atomic E-state index is 0.150. The molecule has 6 nitrogen and oxygen atoms in total. The van der Waals surface area contributed by atoms with Crippen LogP contribution in [0.25, 0.3) is 16.9 Å². The standard InChI is InChI=1S/C22H24N4O2/c1-14-8-9-26(25-14)17-4-5-19(21(27)13-17)20-6-7-22(24-23-20)28-18-11-15-2-3-16(10-15)12-18/h4-9,13,15-16,18,27H,2-3,10-12H2,1H3/t15-,16+,18?. The molecule has 5 rings (SSSR count). The van der Waals surface area contributed by atoms with Gasteiger partial charge in [0.05, 0.1) is 17.1 Å². The van der Waals surface area contributed by atoms with E-state index in [0.29, 0.717) is 17.1 Å². The van der Waals surface area contributed by atoms with Gasteiger partial charge in [-0.25, -0.2) is 4.68 Å². The molecule has 3 atom stereocenters. The van der Waals surface area contributed by atoms with Crippen LogP contribution in [-0.4, -0.2) is 31.2 Å².